The van der Waals surface area contributed by atoms with Crippen LogP contribution in [0.4, 0.5) is 4.39 Å². The molecule has 0 aliphatic carbocycles. The van der Waals surface area contributed by atoms with Crippen molar-refractivity contribution < 1.29 is 13.9 Å². The molecule has 0 spiro atoms. The first kappa shape index (κ1) is 22.7. The maximum Gasteiger partial charge on any atom is 0.340 e. The van der Waals surface area contributed by atoms with Gasteiger partial charge in [0, 0.05) is 5.57 Å². The van der Waals surface area contributed by atoms with E-state index in [4.69, 9.17) is 16.3 Å². The van der Waals surface area contributed by atoms with Gasteiger partial charge in [0.15, 0.2) is 0 Å². The van der Waals surface area contributed by atoms with Gasteiger partial charge in [0.1, 0.15) is 5.82 Å². The molecule has 0 aromatic heterocycles. The fraction of sp³-hybridized carbons (Fsp3) is 0.280. The van der Waals surface area contributed by atoms with E-state index < -0.39 is 5.97 Å². The molecule has 2 nitrogen and oxygen atoms in total. The second kappa shape index (κ2) is 9.73. The molecule has 0 heterocycles. The number of hydrogen-bond donors (Lipinski definition) is 0. The summed E-state index contributed by atoms with van der Waals surface area (Å²) in [6, 6.07) is 15.1. The molecule has 0 saturated heterocycles. The molecule has 2 aromatic carbocycles. The molecular formula is C25H26ClFO2. The number of esters is 1. The summed E-state index contributed by atoms with van der Waals surface area (Å²) in [6.07, 6.45) is 0. The zero-order valence-corrected chi connectivity index (χ0v) is 18.2. The molecule has 2 rings (SSSR count). The molecular weight excluding hydrogens is 387 g/mol. The van der Waals surface area contributed by atoms with Gasteiger partial charge in [-0.1, -0.05) is 74.8 Å². The molecule has 0 fully saturated rings. The fourth-order valence-electron chi connectivity index (χ4n) is 2.50. The molecule has 0 unspecified atom stereocenters. The minimum atomic E-state index is -0.546. The van der Waals surface area contributed by atoms with Crippen molar-refractivity contribution in [2.24, 2.45) is 5.41 Å². The van der Waals surface area contributed by atoms with Crippen LogP contribution < -0.4 is 0 Å². The van der Waals surface area contributed by atoms with Crippen LogP contribution in [0.2, 0.25) is 0 Å². The average Bonchev–Trinajstić information content (AvgIpc) is 2.68. The van der Waals surface area contributed by atoms with Crippen molar-refractivity contribution in [1.82, 2.24) is 0 Å². The van der Waals surface area contributed by atoms with Crippen molar-refractivity contribution in [2.45, 2.75) is 34.6 Å². The van der Waals surface area contributed by atoms with Gasteiger partial charge in [0.05, 0.1) is 17.2 Å². The molecule has 29 heavy (non-hydrogen) atoms. The number of halogens is 2. The Balaban J connectivity index is 2.90. The Labute approximate surface area is 177 Å². The van der Waals surface area contributed by atoms with Crippen molar-refractivity contribution in [3.63, 3.8) is 0 Å². The molecule has 0 saturated carbocycles. The zero-order valence-electron chi connectivity index (χ0n) is 17.5. The standard InChI is InChI=1S/C25H26ClFO2/c1-6-29-24(28)22(23(26)19-10-8-7-9-11-19)21(16-17(2)25(3,4)5)18-12-14-20(27)15-13-18/h7-15H,6H2,1-5H3/b23-22+. The molecule has 4 heteroatoms. The summed E-state index contributed by atoms with van der Waals surface area (Å²) >= 11 is 6.71. The van der Waals surface area contributed by atoms with E-state index in [9.17, 15) is 9.18 Å². The number of carbonyl (C=O) groups excluding carboxylic acids is 1. The van der Waals surface area contributed by atoms with Gasteiger partial charge in [-0.05, 0) is 48.1 Å². The summed E-state index contributed by atoms with van der Waals surface area (Å²) in [7, 11) is 0. The van der Waals surface area contributed by atoms with Crippen LogP contribution in [0.1, 0.15) is 45.7 Å². The Kier molecular flexibility index (Phi) is 7.61. The number of carbonyl (C=O) groups is 1. The number of ether oxygens (including phenoxy) is 1. The van der Waals surface area contributed by atoms with Crippen molar-refractivity contribution in [3.8, 4) is 0 Å². The predicted molar refractivity (Wildman–Crippen MR) is 118 cm³/mol. The normalized spacial score (nSPS) is 12.0. The molecule has 2 aromatic rings. The third-order valence-corrected chi connectivity index (χ3v) is 4.95. The van der Waals surface area contributed by atoms with Gasteiger partial charge < -0.3 is 4.74 Å². The molecule has 0 bridgehead atoms. The first-order chi connectivity index (χ1) is 13.6. The van der Waals surface area contributed by atoms with Gasteiger partial charge in [-0.2, -0.15) is 0 Å². The smallest absolute Gasteiger partial charge is 0.340 e. The van der Waals surface area contributed by atoms with E-state index in [2.05, 4.69) is 26.5 Å². The van der Waals surface area contributed by atoms with Crippen LogP contribution in [0.5, 0.6) is 0 Å². The molecule has 0 radical (unpaired) electrons. The van der Waals surface area contributed by atoms with E-state index in [0.717, 1.165) is 5.57 Å². The Morgan fingerprint density at radius 1 is 1.03 bits per heavy atom. The van der Waals surface area contributed by atoms with Gasteiger partial charge >= 0.3 is 5.97 Å². The lowest BCUT2D eigenvalue weighted by Crippen LogP contribution is -2.11. The average molecular weight is 413 g/mol. The monoisotopic (exact) mass is 412 g/mol. The van der Waals surface area contributed by atoms with Gasteiger partial charge in [0.2, 0.25) is 0 Å². The fourth-order valence-corrected chi connectivity index (χ4v) is 2.80. The molecule has 0 N–H and O–H groups in total. The van der Waals surface area contributed by atoms with Gasteiger partial charge in [-0.15, -0.1) is 5.73 Å². The minimum Gasteiger partial charge on any atom is -0.462 e. The second-order valence-corrected chi connectivity index (χ2v) is 8.04. The minimum absolute atomic E-state index is 0.176. The summed E-state index contributed by atoms with van der Waals surface area (Å²) in [4.78, 5) is 13.0. The Morgan fingerprint density at radius 3 is 2.14 bits per heavy atom. The number of benzene rings is 2. The predicted octanol–water partition coefficient (Wildman–Crippen LogP) is 7.01. The maximum absolute atomic E-state index is 13.5. The highest BCUT2D eigenvalue weighted by atomic mass is 35.5. The van der Waals surface area contributed by atoms with Gasteiger partial charge in [-0.25, -0.2) is 9.18 Å². The Morgan fingerprint density at radius 2 is 1.62 bits per heavy atom. The van der Waals surface area contributed by atoms with E-state index in [1.807, 2.05) is 37.3 Å². The van der Waals surface area contributed by atoms with Crippen LogP contribution in [-0.4, -0.2) is 12.6 Å². The largest absolute Gasteiger partial charge is 0.462 e. The van der Waals surface area contributed by atoms with Crippen molar-refractivity contribution in [3.05, 3.63) is 88.4 Å². The lowest BCUT2D eigenvalue weighted by atomic mass is 9.86. The van der Waals surface area contributed by atoms with Crippen LogP contribution in [0.25, 0.3) is 10.6 Å². The van der Waals surface area contributed by atoms with Crippen LogP contribution >= 0.6 is 11.6 Å². The number of hydrogen-bond acceptors (Lipinski definition) is 2. The first-order valence-corrected chi connectivity index (χ1v) is 9.89. The van der Waals surface area contributed by atoms with Crippen LogP contribution in [0.3, 0.4) is 0 Å². The molecule has 0 aliphatic rings. The summed E-state index contributed by atoms with van der Waals surface area (Å²) in [6.45, 7) is 10.1. The van der Waals surface area contributed by atoms with E-state index in [1.54, 1.807) is 19.1 Å². The molecule has 0 aliphatic heterocycles. The molecule has 0 atom stereocenters. The lowest BCUT2D eigenvalue weighted by molar-refractivity contribution is -0.137. The Bertz CT molecular complexity index is 958. The van der Waals surface area contributed by atoms with Crippen LogP contribution in [-0.2, 0) is 9.53 Å². The summed E-state index contributed by atoms with van der Waals surface area (Å²) in [5.74, 6) is -0.907. The van der Waals surface area contributed by atoms with E-state index in [-0.39, 0.29) is 28.4 Å². The highest BCUT2D eigenvalue weighted by molar-refractivity contribution is 6.52. The summed E-state index contributed by atoms with van der Waals surface area (Å²) in [5.41, 5.74) is 6.10. The number of rotatable bonds is 5. The second-order valence-electron chi connectivity index (χ2n) is 7.66. The van der Waals surface area contributed by atoms with Gasteiger partial charge in [-0.3, -0.25) is 0 Å². The summed E-state index contributed by atoms with van der Waals surface area (Å²) in [5, 5.41) is 0.262. The third kappa shape index (κ3) is 5.93. The van der Waals surface area contributed by atoms with Crippen LogP contribution in [0.15, 0.2) is 71.5 Å². The quantitative estimate of drug-likeness (QED) is 0.228. The topological polar surface area (TPSA) is 26.3 Å². The van der Waals surface area contributed by atoms with Crippen molar-refractivity contribution in [2.75, 3.05) is 6.61 Å². The van der Waals surface area contributed by atoms with Gasteiger partial charge in [0.25, 0.3) is 0 Å². The van der Waals surface area contributed by atoms with E-state index >= 15 is 0 Å². The SMILES string of the molecule is CCOC(=O)/C(C(=C=C(C)C(C)(C)C)c1ccc(F)cc1)=C(/Cl)c1ccccc1. The Hall–Kier alpha value is -2.61. The van der Waals surface area contributed by atoms with Crippen molar-refractivity contribution >= 4 is 28.2 Å². The van der Waals surface area contributed by atoms with Crippen molar-refractivity contribution in [1.29, 1.82) is 0 Å². The molecule has 0 amide bonds. The summed E-state index contributed by atoms with van der Waals surface area (Å²) < 4.78 is 18.9. The zero-order chi connectivity index (χ0) is 21.6. The van der Waals surface area contributed by atoms with E-state index in [1.165, 1.54) is 12.1 Å². The maximum atomic E-state index is 13.5. The highest BCUT2D eigenvalue weighted by Gasteiger charge is 2.24. The highest BCUT2D eigenvalue weighted by Crippen LogP contribution is 2.35. The molecule has 152 valence electrons. The van der Waals surface area contributed by atoms with Crippen LogP contribution in [0, 0.1) is 11.2 Å². The third-order valence-electron chi connectivity index (χ3n) is 4.55. The van der Waals surface area contributed by atoms with E-state index in [0.29, 0.717) is 16.7 Å². The first-order valence-electron chi connectivity index (χ1n) is 9.51. The lowest BCUT2D eigenvalue weighted by Gasteiger charge is -2.19.